The minimum Gasteiger partial charge on any atom is -0.377 e. The Hall–Kier alpha value is -0.610. The van der Waals surface area contributed by atoms with Crippen molar-refractivity contribution < 1.29 is 14.3 Å². The highest BCUT2D eigenvalue weighted by molar-refractivity contribution is 5.72. The minimum atomic E-state index is 0.0926. The Kier molecular flexibility index (Phi) is 6.70. The van der Waals surface area contributed by atoms with Crippen LogP contribution in [0.3, 0.4) is 0 Å². The summed E-state index contributed by atoms with van der Waals surface area (Å²) in [5.74, 6) is 0.0926. The number of carbonyl (C=O) groups is 1. The fraction of sp³-hybridized carbons (Fsp3) is 0.875. The van der Waals surface area contributed by atoms with E-state index in [-0.39, 0.29) is 5.91 Å². The summed E-state index contributed by atoms with van der Waals surface area (Å²) in [6.45, 7) is 4.64. The SMILES string of the molecule is C1COCCO1.CC(=O)N(C)C. The molecule has 1 fully saturated rings. The molecule has 1 rings (SSSR count). The number of amides is 1. The lowest BCUT2D eigenvalue weighted by Crippen LogP contribution is -2.17. The summed E-state index contributed by atoms with van der Waals surface area (Å²) in [6.07, 6.45) is 0. The van der Waals surface area contributed by atoms with Gasteiger partial charge in [-0.25, -0.2) is 0 Å². The van der Waals surface area contributed by atoms with Crippen LogP contribution in [0.4, 0.5) is 0 Å². The summed E-state index contributed by atoms with van der Waals surface area (Å²) < 4.78 is 9.89. The molecule has 1 amide bonds. The van der Waals surface area contributed by atoms with E-state index in [0.717, 1.165) is 26.4 Å². The number of rotatable bonds is 0. The lowest BCUT2D eigenvalue weighted by atomic mass is 10.6. The molecule has 0 saturated carbocycles. The van der Waals surface area contributed by atoms with Gasteiger partial charge >= 0.3 is 0 Å². The van der Waals surface area contributed by atoms with Gasteiger partial charge in [-0.3, -0.25) is 4.79 Å². The molecule has 0 unspecified atom stereocenters. The van der Waals surface area contributed by atoms with E-state index >= 15 is 0 Å². The van der Waals surface area contributed by atoms with Gasteiger partial charge in [0, 0.05) is 21.0 Å². The van der Waals surface area contributed by atoms with Crippen LogP contribution in [0, 0.1) is 0 Å². The molecule has 0 spiro atoms. The van der Waals surface area contributed by atoms with Crippen molar-refractivity contribution in [2.75, 3.05) is 40.5 Å². The molecule has 4 heteroatoms. The Morgan fingerprint density at radius 1 is 1.08 bits per heavy atom. The second-order valence-corrected chi connectivity index (χ2v) is 2.64. The van der Waals surface area contributed by atoms with Gasteiger partial charge in [0.2, 0.25) is 5.91 Å². The Bertz CT molecular complexity index is 110. The number of ether oxygens (including phenoxy) is 2. The van der Waals surface area contributed by atoms with Gasteiger partial charge in [0.15, 0.2) is 0 Å². The van der Waals surface area contributed by atoms with Gasteiger partial charge in [-0.2, -0.15) is 0 Å². The molecule has 1 aliphatic rings. The largest absolute Gasteiger partial charge is 0.377 e. The zero-order valence-electron chi connectivity index (χ0n) is 8.00. The molecule has 0 aromatic carbocycles. The lowest BCUT2D eigenvalue weighted by molar-refractivity contribution is -0.126. The lowest BCUT2D eigenvalue weighted by Gasteiger charge is -2.09. The van der Waals surface area contributed by atoms with E-state index < -0.39 is 0 Å². The smallest absolute Gasteiger partial charge is 0.218 e. The molecule has 0 aromatic rings. The van der Waals surface area contributed by atoms with E-state index in [2.05, 4.69) is 0 Å². The second-order valence-electron chi connectivity index (χ2n) is 2.64. The quantitative estimate of drug-likeness (QED) is 0.525. The Balaban J connectivity index is 0.000000202. The van der Waals surface area contributed by atoms with Crippen molar-refractivity contribution in [3.05, 3.63) is 0 Å². The van der Waals surface area contributed by atoms with E-state index in [0.29, 0.717) is 0 Å². The van der Waals surface area contributed by atoms with Gasteiger partial charge in [0.25, 0.3) is 0 Å². The predicted molar refractivity (Wildman–Crippen MR) is 46.0 cm³/mol. The van der Waals surface area contributed by atoms with Crippen molar-refractivity contribution in [1.82, 2.24) is 4.90 Å². The minimum absolute atomic E-state index is 0.0926. The number of nitrogens with zero attached hydrogens (tertiary/aromatic N) is 1. The van der Waals surface area contributed by atoms with E-state index in [1.807, 2.05) is 0 Å². The zero-order valence-corrected chi connectivity index (χ0v) is 8.00. The van der Waals surface area contributed by atoms with Crippen molar-refractivity contribution in [1.29, 1.82) is 0 Å². The summed E-state index contributed by atoms with van der Waals surface area (Å²) in [5.41, 5.74) is 0. The number of hydrogen-bond acceptors (Lipinski definition) is 3. The van der Waals surface area contributed by atoms with Gasteiger partial charge in [-0.1, -0.05) is 0 Å². The zero-order chi connectivity index (χ0) is 9.40. The first-order valence-corrected chi connectivity index (χ1v) is 3.98. The molecule has 0 N–H and O–H groups in total. The first-order valence-electron chi connectivity index (χ1n) is 3.98. The Morgan fingerprint density at radius 3 is 1.42 bits per heavy atom. The highest BCUT2D eigenvalue weighted by Gasteiger charge is 1.94. The van der Waals surface area contributed by atoms with Gasteiger partial charge in [-0.05, 0) is 0 Å². The molecule has 4 nitrogen and oxygen atoms in total. The van der Waals surface area contributed by atoms with Crippen LogP contribution in [0.15, 0.2) is 0 Å². The van der Waals surface area contributed by atoms with Crippen LogP contribution < -0.4 is 0 Å². The Morgan fingerprint density at radius 2 is 1.33 bits per heavy atom. The first kappa shape index (κ1) is 11.4. The molecular formula is C8H17NO3. The average Bonchev–Trinajstić information content (AvgIpc) is 2.08. The Labute approximate surface area is 73.4 Å². The maximum absolute atomic E-state index is 10.1. The van der Waals surface area contributed by atoms with E-state index in [1.165, 1.54) is 11.8 Å². The van der Waals surface area contributed by atoms with Crippen LogP contribution in [0.5, 0.6) is 0 Å². The van der Waals surface area contributed by atoms with Gasteiger partial charge < -0.3 is 14.4 Å². The number of carbonyl (C=O) groups excluding carboxylic acids is 1. The van der Waals surface area contributed by atoms with Crippen LogP contribution in [0.25, 0.3) is 0 Å². The first-order chi connectivity index (χ1) is 5.64. The van der Waals surface area contributed by atoms with Crippen molar-refractivity contribution in [3.63, 3.8) is 0 Å². The molecular weight excluding hydrogens is 158 g/mol. The van der Waals surface area contributed by atoms with Gasteiger partial charge in [-0.15, -0.1) is 0 Å². The third-order valence-electron chi connectivity index (χ3n) is 1.37. The normalized spacial score (nSPS) is 15.9. The maximum atomic E-state index is 10.1. The molecule has 1 heterocycles. The molecule has 0 bridgehead atoms. The topological polar surface area (TPSA) is 38.8 Å². The van der Waals surface area contributed by atoms with Gasteiger partial charge in [0.05, 0.1) is 26.4 Å². The van der Waals surface area contributed by atoms with E-state index in [1.54, 1.807) is 14.1 Å². The molecule has 0 aliphatic carbocycles. The van der Waals surface area contributed by atoms with Crippen molar-refractivity contribution in [3.8, 4) is 0 Å². The summed E-state index contributed by atoms with van der Waals surface area (Å²) in [5, 5.41) is 0. The molecule has 12 heavy (non-hydrogen) atoms. The monoisotopic (exact) mass is 175 g/mol. The van der Waals surface area contributed by atoms with E-state index in [9.17, 15) is 4.79 Å². The third kappa shape index (κ3) is 7.50. The summed E-state index contributed by atoms with van der Waals surface area (Å²) in [6, 6.07) is 0. The average molecular weight is 175 g/mol. The molecule has 0 aromatic heterocycles. The van der Waals surface area contributed by atoms with Crippen LogP contribution in [-0.4, -0.2) is 51.3 Å². The van der Waals surface area contributed by atoms with Crippen LogP contribution >= 0.6 is 0 Å². The van der Waals surface area contributed by atoms with Gasteiger partial charge in [0.1, 0.15) is 0 Å². The van der Waals surface area contributed by atoms with Crippen molar-refractivity contribution in [2.24, 2.45) is 0 Å². The predicted octanol–water partition coefficient (Wildman–Crippen LogP) is 0.128. The fourth-order valence-electron chi connectivity index (χ4n) is 0.440. The summed E-state index contributed by atoms with van der Waals surface area (Å²) >= 11 is 0. The fourth-order valence-corrected chi connectivity index (χ4v) is 0.440. The van der Waals surface area contributed by atoms with Crippen LogP contribution in [0.1, 0.15) is 6.92 Å². The molecule has 1 aliphatic heterocycles. The van der Waals surface area contributed by atoms with Crippen molar-refractivity contribution >= 4 is 5.91 Å². The van der Waals surface area contributed by atoms with Crippen molar-refractivity contribution in [2.45, 2.75) is 6.92 Å². The molecule has 0 radical (unpaired) electrons. The number of hydrogen-bond donors (Lipinski definition) is 0. The standard InChI is InChI=1S/C4H9NO.C4H8O2/c1-4(6)5(2)3;1-2-6-4-3-5-1/h1-3H3;1-4H2. The summed E-state index contributed by atoms with van der Waals surface area (Å²) in [4.78, 5) is 11.6. The highest BCUT2D eigenvalue weighted by atomic mass is 16.6. The molecule has 72 valence electrons. The highest BCUT2D eigenvalue weighted by Crippen LogP contribution is 1.85. The molecule has 0 atom stereocenters. The van der Waals surface area contributed by atoms with Crippen LogP contribution in [-0.2, 0) is 14.3 Å². The summed E-state index contributed by atoms with van der Waals surface area (Å²) in [7, 11) is 3.45. The van der Waals surface area contributed by atoms with Crippen LogP contribution in [0.2, 0.25) is 0 Å². The van der Waals surface area contributed by atoms with E-state index in [4.69, 9.17) is 9.47 Å². The second kappa shape index (κ2) is 7.06. The third-order valence-corrected chi connectivity index (χ3v) is 1.37. The maximum Gasteiger partial charge on any atom is 0.218 e. The molecule has 1 saturated heterocycles.